The zero-order valence-electron chi connectivity index (χ0n) is 11.2. The number of rotatable bonds is 2. The minimum atomic E-state index is -0.847. The highest BCUT2D eigenvalue weighted by atomic mass is 16.6. The lowest BCUT2D eigenvalue weighted by Crippen LogP contribution is -2.37. The molecule has 0 amide bonds. The zero-order chi connectivity index (χ0) is 13.7. The Morgan fingerprint density at radius 1 is 1.37 bits per heavy atom. The molecule has 2 nitrogen and oxygen atoms in total. The molecule has 1 aromatic rings. The SMILES string of the molecule is C#CC1(OC(C)=O)CCCC/C1=C\c1ccccc1. The van der Waals surface area contributed by atoms with Gasteiger partial charge in [-0.25, -0.2) is 0 Å². The topological polar surface area (TPSA) is 26.3 Å². The van der Waals surface area contributed by atoms with E-state index in [1.165, 1.54) is 6.92 Å². The van der Waals surface area contributed by atoms with Gasteiger partial charge in [-0.2, -0.15) is 0 Å². The van der Waals surface area contributed by atoms with Crippen molar-refractivity contribution in [3.63, 3.8) is 0 Å². The van der Waals surface area contributed by atoms with E-state index in [9.17, 15) is 4.79 Å². The van der Waals surface area contributed by atoms with Gasteiger partial charge in [0.1, 0.15) is 0 Å². The largest absolute Gasteiger partial charge is 0.442 e. The summed E-state index contributed by atoms with van der Waals surface area (Å²) >= 11 is 0. The van der Waals surface area contributed by atoms with Crippen molar-refractivity contribution < 1.29 is 9.53 Å². The van der Waals surface area contributed by atoms with Crippen LogP contribution in [-0.4, -0.2) is 11.6 Å². The highest BCUT2D eigenvalue weighted by molar-refractivity contribution is 5.69. The Morgan fingerprint density at radius 3 is 2.74 bits per heavy atom. The fourth-order valence-electron chi connectivity index (χ4n) is 2.55. The Morgan fingerprint density at radius 2 is 2.11 bits per heavy atom. The molecule has 1 fully saturated rings. The quantitative estimate of drug-likeness (QED) is 0.595. The summed E-state index contributed by atoms with van der Waals surface area (Å²) in [6.07, 6.45) is 11.4. The number of carbonyl (C=O) groups is 1. The van der Waals surface area contributed by atoms with Gasteiger partial charge in [-0.05, 0) is 30.4 Å². The van der Waals surface area contributed by atoms with Crippen molar-refractivity contribution in [1.82, 2.24) is 0 Å². The maximum atomic E-state index is 11.3. The van der Waals surface area contributed by atoms with Crippen molar-refractivity contribution in [2.24, 2.45) is 0 Å². The fourth-order valence-corrected chi connectivity index (χ4v) is 2.55. The lowest BCUT2D eigenvalue weighted by molar-refractivity contribution is -0.150. The van der Waals surface area contributed by atoms with Crippen molar-refractivity contribution >= 4 is 12.0 Å². The maximum Gasteiger partial charge on any atom is 0.304 e. The van der Waals surface area contributed by atoms with E-state index < -0.39 is 5.60 Å². The Bertz CT molecular complexity index is 522. The van der Waals surface area contributed by atoms with Crippen LogP contribution in [0.25, 0.3) is 6.08 Å². The van der Waals surface area contributed by atoms with Gasteiger partial charge in [0.15, 0.2) is 5.60 Å². The van der Waals surface area contributed by atoms with Gasteiger partial charge in [0.05, 0.1) is 0 Å². The second-order valence-corrected chi connectivity index (χ2v) is 4.85. The van der Waals surface area contributed by atoms with Crippen LogP contribution in [0.4, 0.5) is 0 Å². The monoisotopic (exact) mass is 254 g/mol. The molecule has 98 valence electrons. The predicted octanol–water partition coefficient (Wildman–Crippen LogP) is 3.58. The lowest BCUT2D eigenvalue weighted by Gasteiger charge is -2.34. The molecule has 1 atom stereocenters. The normalized spacial score (nSPS) is 24.7. The molecule has 0 radical (unpaired) electrons. The molecule has 1 saturated carbocycles. The molecular weight excluding hydrogens is 236 g/mol. The maximum absolute atomic E-state index is 11.3. The van der Waals surface area contributed by atoms with Gasteiger partial charge in [0, 0.05) is 13.3 Å². The molecule has 0 N–H and O–H groups in total. The van der Waals surface area contributed by atoms with Crippen LogP contribution in [0.2, 0.25) is 0 Å². The molecular formula is C17H18O2. The summed E-state index contributed by atoms with van der Waals surface area (Å²) in [7, 11) is 0. The third kappa shape index (κ3) is 3.06. The Hall–Kier alpha value is -2.01. The number of carbonyl (C=O) groups excluding carboxylic acids is 1. The molecule has 2 heteroatoms. The fraction of sp³-hybridized carbons (Fsp3) is 0.353. The van der Waals surface area contributed by atoms with Crippen LogP contribution in [-0.2, 0) is 9.53 Å². The van der Waals surface area contributed by atoms with Gasteiger partial charge < -0.3 is 4.74 Å². The number of hydrogen-bond acceptors (Lipinski definition) is 2. The lowest BCUT2D eigenvalue weighted by atomic mass is 9.79. The highest BCUT2D eigenvalue weighted by Gasteiger charge is 2.37. The van der Waals surface area contributed by atoms with Crippen molar-refractivity contribution in [3.05, 3.63) is 41.5 Å². The van der Waals surface area contributed by atoms with E-state index in [4.69, 9.17) is 11.2 Å². The van der Waals surface area contributed by atoms with Crippen molar-refractivity contribution in [3.8, 4) is 12.3 Å². The standard InChI is InChI=1S/C17H18O2/c1-3-17(19-14(2)18)12-8-7-11-16(17)13-15-9-5-4-6-10-15/h1,4-6,9-10,13H,7-8,11-12H2,2H3/b16-13+. The van der Waals surface area contributed by atoms with Crippen LogP contribution in [0.3, 0.4) is 0 Å². The number of ether oxygens (including phenoxy) is 1. The van der Waals surface area contributed by atoms with Crippen LogP contribution in [0.5, 0.6) is 0 Å². The molecule has 0 aliphatic heterocycles. The van der Waals surface area contributed by atoms with Crippen LogP contribution in [0.1, 0.15) is 38.2 Å². The van der Waals surface area contributed by atoms with Crippen LogP contribution < -0.4 is 0 Å². The average molecular weight is 254 g/mol. The molecule has 0 saturated heterocycles. The number of terminal acetylenes is 1. The van der Waals surface area contributed by atoms with E-state index in [2.05, 4.69) is 12.0 Å². The first-order valence-electron chi connectivity index (χ1n) is 6.60. The molecule has 0 spiro atoms. The van der Waals surface area contributed by atoms with Gasteiger partial charge in [-0.1, -0.05) is 42.3 Å². The van der Waals surface area contributed by atoms with E-state index in [1.807, 2.05) is 30.3 Å². The number of benzene rings is 1. The minimum Gasteiger partial charge on any atom is -0.442 e. The number of esters is 1. The van der Waals surface area contributed by atoms with Crippen molar-refractivity contribution in [1.29, 1.82) is 0 Å². The summed E-state index contributed by atoms with van der Waals surface area (Å²) in [6, 6.07) is 9.99. The Labute approximate surface area is 114 Å². The van der Waals surface area contributed by atoms with Crippen LogP contribution in [0.15, 0.2) is 35.9 Å². The molecule has 1 unspecified atom stereocenters. The first kappa shape index (κ1) is 13.4. The molecule has 0 heterocycles. The van der Waals surface area contributed by atoms with E-state index >= 15 is 0 Å². The third-order valence-electron chi connectivity index (χ3n) is 3.44. The van der Waals surface area contributed by atoms with Gasteiger partial charge >= 0.3 is 5.97 Å². The second-order valence-electron chi connectivity index (χ2n) is 4.85. The third-order valence-corrected chi connectivity index (χ3v) is 3.44. The summed E-state index contributed by atoms with van der Waals surface area (Å²) in [5.41, 5.74) is 1.27. The van der Waals surface area contributed by atoms with E-state index in [0.717, 1.165) is 30.4 Å². The Kier molecular flexibility index (Phi) is 4.06. The van der Waals surface area contributed by atoms with E-state index in [1.54, 1.807) is 0 Å². The van der Waals surface area contributed by atoms with Crippen LogP contribution >= 0.6 is 0 Å². The zero-order valence-corrected chi connectivity index (χ0v) is 11.2. The summed E-state index contributed by atoms with van der Waals surface area (Å²) in [4.78, 5) is 11.3. The van der Waals surface area contributed by atoms with Gasteiger partial charge in [0.25, 0.3) is 0 Å². The Balaban J connectivity index is 2.37. The van der Waals surface area contributed by atoms with Gasteiger partial charge in [0.2, 0.25) is 0 Å². The molecule has 19 heavy (non-hydrogen) atoms. The summed E-state index contributed by atoms with van der Waals surface area (Å²) in [5, 5.41) is 0. The first-order valence-corrected chi connectivity index (χ1v) is 6.60. The van der Waals surface area contributed by atoms with Gasteiger partial charge in [-0.3, -0.25) is 4.79 Å². The van der Waals surface area contributed by atoms with Crippen LogP contribution in [0, 0.1) is 12.3 Å². The molecule has 0 aromatic heterocycles. The smallest absolute Gasteiger partial charge is 0.304 e. The minimum absolute atomic E-state index is 0.321. The predicted molar refractivity (Wildman–Crippen MR) is 76.2 cm³/mol. The first-order chi connectivity index (χ1) is 9.16. The molecule has 1 aliphatic rings. The van der Waals surface area contributed by atoms with Gasteiger partial charge in [-0.15, -0.1) is 6.42 Å². The second kappa shape index (κ2) is 5.75. The molecule has 1 aromatic carbocycles. The summed E-state index contributed by atoms with van der Waals surface area (Å²) in [5.74, 6) is 2.39. The number of hydrogen-bond donors (Lipinski definition) is 0. The van der Waals surface area contributed by atoms with E-state index in [0.29, 0.717) is 6.42 Å². The molecule has 2 rings (SSSR count). The summed E-state index contributed by atoms with van der Waals surface area (Å²) in [6.45, 7) is 1.41. The highest BCUT2D eigenvalue weighted by Crippen LogP contribution is 2.37. The van der Waals surface area contributed by atoms with E-state index in [-0.39, 0.29) is 5.97 Å². The molecule has 1 aliphatic carbocycles. The average Bonchev–Trinajstić information content (AvgIpc) is 2.42. The molecule has 0 bridgehead atoms. The van der Waals surface area contributed by atoms with Crippen molar-refractivity contribution in [2.75, 3.05) is 0 Å². The van der Waals surface area contributed by atoms with Crippen molar-refractivity contribution in [2.45, 2.75) is 38.2 Å². The summed E-state index contributed by atoms with van der Waals surface area (Å²) < 4.78 is 5.47.